The molecule has 2 amide bonds. The summed E-state index contributed by atoms with van der Waals surface area (Å²) >= 11 is 6.07. The number of nitrogens with zero attached hydrogens (tertiary/aromatic N) is 1. The Morgan fingerprint density at radius 1 is 1.28 bits per heavy atom. The van der Waals surface area contributed by atoms with Gasteiger partial charge >= 0.3 is 5.97 Å². The third-order valence-electron chi connectivity index (χ3n) is 4.57. The van der Waals surface area contributed by atoms with Crippen LogP contribution in [0.1, 0.15) is 24.5 Å². The Morgan fingerprint density at radius 3 is 2.79 bits per heavy atom. The van der Waals surface area contributed by atoms with Gasteiger partial charge in [-0.1, -0.05) is 35.9 Å². The largest absolute Gasteiger partial charge is 0.452 e. The Bertz CT molecular complexity index is 987. The van der Waals surface area contributed by atoms with Crippen molar-refractivity contribution in [3.63, 3.8) is 0 Å². The minimum absolute atomic E-state index is 0.155. The third kappa shape index (κ3) is 5.03. The van der Waals surface area contributed by atoms with E-state index in [0.29, 0.717) is 16.4 Å². The van der Waals surface area contributed by atoms with E-state index in [1.54, 1.807) is 43.3 Å². The Balaban J connectivity index is 1.66. The molecule has 0 radical (unpaired) electrons. The number of carbonyl (C=O) groups is 3. The lowest BCUT2D eigenvalue weighted by molar-refractivity contribution is -0.143. The predicted octanol–water partition coefficient (Wildman–Crippen LogP) is 3.97. The summed E-state index contributed by atoms with van der Waals surface area (Å²) in [6.45, 7) is 3.24. The van der Waals surface area contributed by atoms with Crippen molar-refractivity contribution in [2.45, 2.75) is 26.3 Å². The fourth-order valence-electron chi connectivity index (χ4n) is 3.10. The van der Waals surface area contributed by atoms with E-state index >= 15 is 0 Å². The van der Waals surface area contributed by atoms with Crippen molar-refractivity contribution >= 4 is 46.8 Å². The summed E-state index contributed by atoms with van der Waals surface area (Å²) in [5.74, 6) is -1.21. The molecule has 0 saturated heterocycles. The molecule has 0 fully saturated rings. The predicted molar refractivity (Wildman–Crippen MR) is 113 cm³/mol. The average Bonchev–Trinajstić information content (AvgIpc) is 2.81. The topological polar surface area (TPSA) is 75.7 Å². The monoisotopic (exact) mass is 412 g/mol. The summed E-state index contributed by atoms with van der Waals surface area (Å²) in [6, 6.07) is 12.1. The molecular weight excluding hydrogens is 392 g/mol. The molecule has 0 aromatic heterocycles. The highest BCUT2D eigenvalue weighted by Crippen LogP contribution is 2.31. The number of nitrogens with one attached hydrogen (secondary N) is 1. The summed E-state index contributed by atoms with van der Waals surface area (Å²) < 4.78 is 5.11. The van der Waals surface area contributed by atoms with Crippen LogP contribution in [0.3, 0.4) is 0 Å². The van der Waals surface area contributed by atoms with Gasteiger partial charge in [0.05, 0.1) is 11.4 Å². The molecule has 2 aromatic rings. The number of rotatable bonds is 4. The normalized spacial score (nSPS) is 16.2. The SMILES string of the molecule is Cc1ccc(/C=C/C(=O)OCC(=O)N2c3ccccc3NC(=O)C[C@@H]2C)cc1Cl. The van der Waals surface area contributed by atoms with Gasteiger partial charge in [0.1, 0.15) is 0 Å². The number of hydrogen-bond donors (Lipinski definition) is 1. The minimum Gasteiger partial charge on any atom is -0.452 e. The van der Waals surface area contributed by atoms with Gasteiger partial charge in [-0.25, -0.2) is 4.79 Å². The van der Waals surface area contributed by atoms with E-state index in [1.165, 1.54) is 11.0 Å². The first kappa shape index (κ1) is 20.6. The molecule has 7 heteroatoms. The zero-order valence-corrected chi connectivity index (χ0v) is 16.9. The van der Waals surface area contributed by atoms with E-state index in [-0.39, 0.29) is 18.4 Å². The van der Waals surface area contributed by atoms with Crippen LogP contribution < -0.4 is 10.2 Å². The number of fused-ring (bicyclic) bond motifs is 1. The first-order valence-corrected chi connectivity index (χ1v) is 9.55. The van der Waals surface area contributed by atoms with Gasteiger partial charge in [-0.3, -0.25) is 9.59 Å². The van der Waals surface area contributed by atoms with E-state index in [4.69, 9.17) is 16.3 Å². The molecule has 3 rings (SSSR count). The molecule has 0 aliphatic carbocycles. The van der Waals surface area contributed by atoms with Crippen LogP contribution in [0.5, 0.6) is 0 Å². The molecule has 1 heterocycles. The van der Waals surface area contributed by atoms with Crippen molar-refractivity contribution in [3.05, 3.63) is 64.7 Å². The molecular formula is C22H21ClN2O4. The molecule has 0 spiro atoms. The molecule has 1 atom stereocenters. The van der Waals surface area contributed by atoms with Crippen molar-refractivity contribution < 1.29 is 19.1 Å². The highest BCUT2D eigenvalue weighted by atomic mass is 35.5. The Labute approximate surface area is 174 Å². The average molecular weight is 413 g/mol. The first-order chi connectivity index (χ1) is 13.8. The van der Waals surface area contributed by atoms with Gasteiger partial charge in [0.2, 0.25) is 5.91 Å². The van der Waals surface area contributed by atoms with Crippen molar-refractivity contribution in [2.75, 3.05) is 16.8 Å². The van der Waals surface area contributed by atoms with Gasteiger partial charge < -0.3 is 15.0 Å². The van der Waals surface area contributed by atoms with Gasteiger partial charge in [-0.15, -0.1) is 0 Å². The number of ether oxygens (including phenoxy) is 1. The molecule has 1 aliphatic rings. The highest BCUT2D eigenvalue weighted by molar-refractivity contribution is 6.31. The highest BCUT2D eigenvalue weighted by Gasteiger charge is 2.29. The number of aryl methyl sites for hydroxylation is 1. The molecule has 0 saturated carbocycles. The lowest BCUT2D eigenvalue weighted by atomic mass is 10.1. The molecule has 6 nitrogen and oxygen atoms in total. The molecule has 29 heavy (non-hydrogen) atoms. The van der Waals surface area contributed by atoms with Crippen LogP contribution in [0.15, 0.2) is 48.5 Å². The number of amides is 2. The number of para-hydroxylation sites is 2. The fraction of sp³-hybridized carbons (Fsp3) is 0.227. The van der Waals surface area contributed by atoms with Gasteiger partial charge in [0.25, 0.3) is 5.91 Å². The third-order valence-corrected chi connectivity index (χ3v) is 4.98. The molecule has 0 unspecified atom stereocenters. The Kier molecular flexibility index (Phi) is 6.34. The summed E-state index contributed by atoms with van der Waals surface area (Å²) in [4.78, 5) is 38.3. The summed E-state index contributed by atoms with van der Waals surface area (Å²) in [6.07, 6.45) is 2.98. The molecule has 0 bridgehead atoms. The number of halogens is 1. The molecule has 1 aliphatic heterocycles. The van der Waals surface area contributed by atoms with Crippen LogP contribution in [0.4, 0.5) is 11.4 Å². The standard InChI is InChI=1S/C22H21ClN2O4/c1-14-7-8-16(12-17(14)23)9-10-22(28)29-13-21(27)25-15(2)11-20(26)24-18-5-3-4-6-19(18)25/h3-10,12,15H,11,13H2,1-2H3,(H,24,26)/b10-9+/t15-/m0/s1. The fourth-order valence-corrected chi connectivity index (χ4v) is 3.28. The van der Waals surface area contributed by atoms with Crippen LogP contribution in [0, 0.1) is 6.92 Å². The Hall–Kier alpha value is -3.12. The van der Waals surface area contributed by atoms with Crippen molar-refractivity contribution in [3.8, 4) is 0 Å². The number of carbonyl (C=O) groups excluding carboxylic acids is 3. The van der Waals surface area contributed by atoms with E-state index in [9.17, 15) is 14.4 Å². The van der Waals surface area contributed by atoms with Crippen LogP contribution in [0.25, 0.3) is 6.08 Å². The van der Waals surface area contributed by atoms with Gasteiger partial charge in [-0.2, -0.15) is 0 Å². The second-order valence-electron chi connectivity index (χ2n) is 6.83. The van der Waals surface area contributed by atoms with Crippen LogP contribution in [0.2, 0.25) is 5.02 Å². The first-order valence-electron chi connectivity index (χ1n) is 9.17. The zero-order valence-electron chi connectivity index (χ0n) is 16.1. The maximum atomic E-state index is 12.8. The summed E-state index contributed by atoms with van der Waals surface area (Å²) in [5, 5.41) is 3.39. The van der Waals surface area contributed by atoms with Gasteiger partial charge in [-0.05, 0) is 49.2 Å². The lowest BCUT2D eigenvalue weighted by Gasteiger charge is -2.27. The summed E-state index contributed by atoms with van der Waals surface area (Å²) in [7, 11) is 0. The number of hydrogen-bond acceptors (Lipinski definition) is 4. The van der Waals surface area contributed by atoms with Crippen LogP contribution in [-0.2, 0) is 19.1 Å². The smallest absolute Gasteiger partial charge is 0.331 e. The van der Waals surface area contributed by atoms with Gasteiger partial charge in [0.15, 0.2) is 6.61 Å². The second-order valence-corrected chi connectivity index (χ2v) is 7.24. The maximum Gasteiger partial charge on any atom is 0.331 e. The van der Waals surface area contributed by atoms with E-state index in [0.717, 1.165) is 11.1 Å². The zero-order chi connectivity index (χ0) is 21.0. The van der Waals surface area contributed by atoms with Crippen LogP contribution >= 0.6 is 11.6 Å². The Morgan fingerprint density at radius 2 is 2.03 bits per heavy atom. The van der Waals surface area contributed by atoms with Crippen molar-refractivity contribution in [1.29, 1.82) is 0 Å². The van der Waals surface area contributed by atoms with Crippen molar-refractivity contribution in [1.82, 2.24) is 0 Å². The molecule has 1 N–H and O–H groups in total. The quantitative estimate of drug-likeness (QED) is 0.609. The number of benzene rings is 2. The van der Waals surface area contributed by atoms with E-state index in [2.05, 4.69) is 5.32 Å². The van der Waals surface area contributed by atoms with Crippen molar-refractivity contribution in [2.24, 2.45) is 0 Å². The van der Waals surface area contributed by atoms with Crippen LogP contribution in [-0.4, -0.2) is 30.4 Å². The van der Waals surface area contributed by atoms with Gasteiger partial charge in [0, 0.05) is 23.6 Å². The second kappa shape index (κ2) is 8.92. The van der Waals surface area contributed by atoms with E-state index in [1.807, 2.05) is 19.1 Å². The minimum atomic E-state index is -0.639. The molecule has 150 valence electrons. The molecule has 2 aromatic carbocycles. The lowest BCUT2D eigenvalue weighted by Crippen LogP contribution is -2.41. The maximum absolute atomic E-state index is 12.8. The summed E-state index contributed by atoms with van der Waals surface area (Å²) in [5.41, 5.74) is 2.83. The number of anilines is 2. The number of esters is 1. The van der Waals surface area contributed by atoms with E-state index < -0.39 is 18.5 Å².